The lowest BCUT2D eigenvalue weighted by Gasteiger charge is -2.26. The van der Waals surface area contributed by atoms with E-state index in [-0.39, 0.29) is 0 Å². The van der Waals surface area contributed by atoms with Crippen LogP contribution in [0.25, 0.3) is 0 Å². The number of anilines is 1. The molecule has 2 fully saturated rings. The van der Waals surface area contributed by atoms with Gasteiger partial charge in [0.25, 0.3) is 0 Å². The first-order chi connectivity index (χ1) is 9.76. The summed E-state index contributed by atoms with van der Waals surface area (Å²) in [5.41, 5.74) is 0. The monoisotopic (exact) mass is 338 g/mol. The standard InChI is InChI=1S/C15H23BrN4/c1-2-5-14-17-13(16)10-15(18-14)20-9-4-8-19-7-3-6-12(19)11-20/h10,12H,2-9,11H2,1H3. The summed E-state index contributed by atoms with van der Waals surface area (Å²) < 4.78 is 0.915. The summed E-state index contributed by atoms with van der Waals surface area (Å²) in [6.07, 6.45) is 5.97. The van der Waals surface area contributed by atoms with Crippen molar-refractivity contribution in [2.45, 2.75) is 45.1 Å². The number of rotatable bonds is 3. The molecule has 0 spiro atoms. The summed E-state index contributed by atoms with van der Waals surface area (Å²) in [7, 11) is 0. The Bertz CT molecular complexity index is 465. The highest BCUT2D eigenvalue weighted by Crippen LogP contribution is 2.25. The number of aromatic nitrogens is 2. The molecule has 0 radical (unpaired) electrons. The third kappa shape index (κ3) is 3.14. The van der Waals surface area contributed by atoms with Crippen molar-refractivity contribution in [1.29, 1.82) is 0 Å². The van der Waals surface area contributed by atoms with Gasteiger partial charge in [0.2, 0.25) is 0 Å². The van der Waals surface area contributed by atoms with E-state index in [4.69, 9.17) is 4.98 Å². The molecule has 5 heteroatoms. The van der Waals surface area contributed by atoms with Crippen molar-refractivity contribution in [3.8, 4) is 0 Å². The van der Waals surface area contributed by atoms with Crippen molar-refractivity contribution < 1.29 is 0 Å². The van der Waals surface area contributed by atoms with Gasteiger partial charge in [-0.15, -0.1) is 0 Å². The largest absolute Gasteiger partial charge is 0.355 e. The highest BCUT2D eigenvalue weighted by atomic mass is 79.9. The molecule has 1 atom stereocenters. The highest BCUT2D eigenvalue weighted by molar-refractivity contribution is 9.10. The van der Waals surface area contributed by atoms with E-state index < -0.39 is 0 Å². The lowest BCUT2D eigenvalue weighted by molar-refractivity contribution is 0.273. The SMILES string of the molecule is CCCc1nc(Br)cc(N2CCCN3CCCC3C2)n1. The van der Waals surface area contributed by atoms with Crippen LogP contribution >= 0.6 is 15.9 Å². The van der Waals surface area contributed by atoms with Crippen LogP contribution in [0.2, 0.25) is 0 Å². The van der Waals surface area contributed by atoms with Crippen LogP contribution in [-0.2, 0) is 6.42 Å². The van der Waals surface area contributed by atoms with Gasteiger partial charge in [-0.1, -0.05) is 6.92 Å². The fourth-order valence-corrected chi connectivity index (χ4v) is 3.77. The summed E-state index contributed by atoms with van der Waals surface area (Å²) >= 11 is 3.54. The van der Waals surface area contributed by atoms with Crippen LogP contribution in [0.15, 0.2) is 10.7 Å². The Kier molecular flexibility index (Phi) is 4.56. The summed E-state index contributed by atoms with van der Waals surface area (Å²) in [5.74, 6) is 2.06. The molecule has 0 N–H and O–H groups in total. The maximum absolute atomic E-state index is 4.77. The molecule has 3 rings (SSSR count). The molecule has 4 nitrogen and oxygen atoms in total. The fourth-order valence-electron chi connectivity index (χ4n) is 3.36. The van der Waals surface area contributed by atoms with Crippen molar-refractivity contribution in [2.75, 3.05) is 31.1 Å². The molecular weight excluding hydrogens is 316 g/mol. The normalized spacial score (nSPS) is 23.7. The van der Waals surface area contributed by atoms with Crippen LogP contribution in [0.4, 0.5) is 5.82 Å². The highest BCUT2D eigenvalue weighted by Gasteiger charge is 2.29. The quantitative estimate of drug-likeness (QED) is 0.793. The predicted octanol–water partition coefficient (Wildman–Crippen LogP) is 2.87. The number of hydrogen-bond acceptors (Lipinski definition) is 4. The van der Waals surface area contributed by atoms with Gasteiger partial charge in [-0.3, -0.25) is 4.90 Å². The van der Waals surface area contributed by atoms with Gasteiger partial charge < -0.3 is 4.90 Å². The second kappa shape index (κ2) is 6.39. The lowest BCUT2D eigenvalue weighted by Crippen LogP contribution is -2.37. The molecule has 3 heterocycles. The van der Waals surface area contributed by atoms with E-state index in [9.17, 15) is 0 Å². The van der Waals surface area contributed by atoms with E-state index >= 15 is 0 Å². The molecule has 2 aliphatic rings. The minimum Gasteiger partial charge on any atom is -0.355 e. The minimum absolute atomic E-state index is 0.723. The average Bonchev–Trinajstić information content (AvgIpc) is 2.75. The van der Waals surface area contributed by atoms with Gasteiger partial charge in [0, 0.05) is 38.2 Å². The smallest absolute Gasteiger partial charge is 0.133 e. The minimum atomic E-state index is 0.723. The van der Waals surface area contributed by atoms with E-state index in [1.807, 2.05) is 0 Å². The second-order valence-corrected chi connectivity index (χ2v) is 6.66. The van der Waals surface area contributed by atoms with Crippen LogP contribution in [0.3, 0.4) is 0 Å². The zero-order valence-electron chi connectivity index (χ0n) is 12.2. The third-order valence-corrected chi connectivity index (χ3v) is 4.74. The molecule has 2 aliphatic heterocycles. The van der Waals surface area contributed by atoms with Crippen molar-refractivity contribution in [3.05, 3.63) is 16.5 Å². The van der Waals surface area contributed by atoms with E-state index in [0.717, 1.165) is 48.2 Å². The first-order valence-electron chi connectivity index (χ1n) is 7.78. The number of hydrogen-bond donors (Lipinski definition) is 0. The van der Waals surface area contributed by atoms with E-state index in [1.165, 1.54) is 32.4 Å². The molecule has 0 saturated carbocycles. The van der Waals surface area contributed by atoms with Crippen molar-refractivity contribution in [2.24, 2.45) is 0 Å². The van der Waals surface area contributed by atoms with Crippen LogP contribution in [0.1, 0.15) is 38.4 Å². The van der Waals surface area contributed by atoms with Gasteiger partial charge in [0.15, 0.2) is 0 Å². The number of aryl methyl sites for hydroxylation is 1. The zero-order chi connectivity index (χ0) is 13.9. The van der Waals surface area contributed by atoms with Crippen LogP contribution < -0.4 is 4.90 Å². The van der Waals surface area contributed by atoms with E-state index in [2.05, 4.69) is 43.7 Å². The molecule has 20 heavy (non-hydrogen) atoms. The Morgan fingerprint density at radius 1 is 1.25 bits per heavy atom. The van der Waals surface area contributed by atoms with Crippen LogP contribution in [-0.4, -0.2) is 47.1 Å². The molecule has 1 aromatic rings. The average molecular weight is 339 g/mol. The predicted molar refractivity (Wildman–Crippen MR) is 85.2 cm³/mol. The van der Waals surface area contributed by atoms with Gasteiger partial charge >= 0.3 is 0 Å². The summed E-state index contributed by atoms with van der Waals surface area (Å²) in [4.78, 5) is 14.4. The zero-order valence-corrected chi connectivity index (χ0v) is 13.8. The number of halogens is 1. The molecular formula is C15H23BrN4. The Morgan fingerprint density at radius 3 is 2.95 bits per heavy atom. The summed E-state index contributed by atoms with van der Waals surface area (Å²) in [6, 6.07) is 2.80. The van der Waals surface area contributed by atoms with Crippen molar-refractivity contribution in [3.63, 3.8) is 0 Å². The first-order valence-corrected chi connectivity index (χ1v) is 8.58. The molecule has 1 unspecified atom stereocenters. The van der Waals surface area contributed by atoms with E-state index in [1.54, 1.807) is 0 Å². The maximum Gasteiger partial charge on any atom is 0.133 e. The molecule has 1 aromatic heterocycles. The van der Waals surface area contributed by atoms with Crippen LogP contribution in [0.5, 0.6) is 0 Å². The molecule has 0 amide bonds. The lowest BCUT2D eigenvalue weighted by atomic mass is 10.2. The Morgan fingerprint density at radius 2 is 2.10 bits per heavy atom. The van der Waals surface area contributed by atoms with Crippen molar-refractivity contribution in [1.82, 2.24) is 14.9 Å². The van der Waals surface area contributed by atoms with Gasteiger partial charge in [-0.25, -0.2) is 9.97 Å². The van der Waals surface area contributed by atoms with Crippen molar-refractivity contribution >= 4 is 21.7 Å². The van der Waals surface area contributed by atoms with Crippen LogP contribution in [0, 0.1) is 0 Å². The summed E-state index contributed by atoms with van der Waals surface area (Å²) in [5, 5.41) is 0. The first kappa shape index (κ1) is 14.3. The summed E-state index contributed by atoms with van der Waals surface area (Å²) in [6.45, 7) is 6.94. The Labute approximate surface area is 129 Å². The van der Waals surface area contributed by atoms with Gasteiger partial charge in [-0.2, -0.15) is 0 Å². The molecule has 110 valence electrons. The number of fused-ring (bicyclic) bond motifs is 1. The third-order valence-electron chi connectivity index (χ3n) is 4.33. The van der Waals surface area contributed by atoms with Gasteiger partial charge in [0.1, 0.15) is 16.2 Å². The second-order valence-electron chi connectivity index (χ2n) is 5.85. The fraction of sp³-hybridized carbons (Fsp3) is 0.733. The topological polar surface area (TPSA) is 32.3 Å². The van der Waals surface area contributed by atoms with Gasteiger partial charge in [0.05, 0.1) is 0 Å². The molecule has 0 aliphatic carbocycles. The molecule has 0 bridgehead atoms. The molecule has 0 aromatic carbocycles. The van der Waals surface area contributed by atoms with E-state index in [0.29, 0.717) is 0 Å². The Balaban J connectivity index is 1.80. The van der Waals surface area contributed by atoms with Gasteiger partial charge in [-0.05, 0) is 48.2 Å². The Hall–Kier alpha value is -0.680. The molecule has 2 saturated heterocycles. The number of nitrogens with zero attached hydrogens (tertiary/aromatic N) is 4. The maximum atomic E-state index is 4.77.